The molecule has 0 saturated heterocycles. The van der Waals surface area contributed by atoms with Gasteiger partial charge in [0.1, 0.15) is 12.1 Å². The van der Waals surface area contributed by atoms with E-state index in [1.165, 1.54) is 0 Å². The number of benzene rings is 2. The highest BCUT2D eigenvalue weighted by atomic mass is 19.4. The molecule has 0 spiro atoms. The van der Waals surface area contributed by atoms with Crippen molar-refractivity contribution in [3.05, 3.63) is 65.0 Å². The molecule has 0 atom stereocenters. The zero-order valence-corrected chi connectivity index (χ0v) is 20.7. The van der Waals surface area contributed by atoms with Gasteiger partial charge in [0.25, 0.3) is 5.60 Å². The van der Waals surface area contributed by atoms with Crippen LogP contribution in [0.3, 0.4) is 0 Å². The number of H-pyrrole nitrogens is 1. The van der Waals surface area contributed by atoms with E-state index in [1.54, 1.807) is 31.0 Å². The van der Waals surface area contributed by atoms with Gasteiger partial charge >= 0.3 is 12.4 Å². The zero-order valence-electron chi connectivity index (χ0n) is 20.7. The lowest BCUT2D eigenvalue weighted by Gasteiger charge is -2.32. The summed E-state index contributed by atoms with van der Waals surface area (Å²) < 4.78 is 78.6. The monoisotopic (exact) mass is 530 g/mol. The molecule has 1 heterocycles. The van der Waals surface area contributed by atoms with E-state index in [0.717, 1.165) is 29.5 Å². The first-order valence-corrected chi connectivity index (χ1v) is 11.4. The average molecular weight is 531 g/mol. The van der Waals surface area contributed by atoms with Gasteiger partial charge < -0.3 is 14.8 Å². The molecule has 202 valence electrons. The molecule has 0 bridgehead atoms. The Morgan fingerprint density at radius 1 is 1.00 bits per heavy atom. The van der Waals surface area contributed by atoms with E-state index in [2.05, 4.69) is 15.2 Å². The molecule has 3 aromatic rings. The molecule has 12 heteroatoms. The summed E-state index contributed by atoms with van der Waals surface area (Å²) in [6, 6.07) is 8.82. The van der Waals surface area contributed by atoms with Gasteiger partial charge in [0.05, 0.1) is 0 Å². The van der Waals surface area contributed by atoms with Crippen LogP contribution in [0.2, 0.25) is 0 Å². The predicted molar refractivity (Wildman–Crippen MR) is 127 cm³/mol. The van der Waals surface area contributed by atoms with E-state index in [-0.39, 0.29) is 13.0 Å². The van der Waals surface area contributed by atoms with Gasteiger partial charge in [-0.25, -0.2) is 4.98 Å². The summed E-state index contributed by atoms with van der Waals surface area (Å²) in [6.07, 6.45) is -10.5. The topological polar surface area (TPSA) is 82.1 Å². The lowest BCUT2D eigenvalue weighted by atomic mass is 9.91. The number of hydrogen-bond donors (Lipinski definition) is 2. The van der Waals surface area contributed by atoms with Crippen molar-refractivity contribution >= 4 is 12.0 Å². The number of carbonyl (C=O) groups is 1. The highest BCUT2D eigenvalue weighted by Gasteiger charge is 2.71. The van der Waals surface area contributed by atoms with Crippen LogP contribution in [-0.2, 0) is 23.4 Å². The predicted octanol–water partition coefficient (Wildman–Crippen LogP) is 5.89. The van der Waals surface area contributed by atoms with Crippen molar-refractivity contribution in [1.82, 2.24) is 15.2 Å². The fourth-order valence-corrected chi connectivity index (χ4v) is 3.68. The maximum Gasteiger partial charge on any atom is 0.430 e. The van der Waals surface area contributed by atoms with Crippen LogP contribution < -0.4 is 4.90 Å². The summed E-state index contributed by atoms with van der Waals surface area (Å²) in [4.78, 5) is 17.0. The van der Waals surface area contributed by atoms with Gasteiger partial charge in [0.15, 0.2) is 5.82 Å². The molecule has 37 heavy (non-hydrogen) atoms. The van der Waals surface area contributed by atoms with Crippen LogP contribution >= 0.6 is 0 Å². The largest absolute Gasteiger partial charge is 0.430 e. The quantitative estimate of drug-likeness (QED) is 0.281. The highest BCUT2D eigenvalue weighted by Crippen LogP contribution is 2.50. The summed E-state index contributed by atoms with van der Waals surface area (Å²) >= 11 is 0. The first kappa shape index (κ1) is 29.8. The fourth-order valence-electron chi connectivity index (χ4n) is 3.68. The second kappa shape index (κ2) is 11.8. The molecule has 0 amide bonds. The van der Waals surface area contributed by atoms with Crippen molar-refractivity contribution in [3.8, 4) is 11.4 Å². The summed E-state index contributed by atoms with van der Waals surface area (Å²) in [5.41, 5.74) is -3.65. The molecule has 6 nitrogen and oxygen atoms in total. The van der Waals surface area contributed by atoms with E-state index in [4.69, 9.17) is 0 Å². The molecule has 0 aliphatic rings. The van der Waals surface area contributed by atoms with Crippen molar-refractivity contribution in [1.29, 1.82) is 0 Å². The van der Waals surface area contributed by atoms with Gasteiger partial charge in [-0.15, -0.1) is 0 Å². The SMILES string of the molecule is CC.Cc1nc(-c2ccc(N(C)Cc3ccc(C(O)(C(F)(F)F)C(F)(F)F)cc3)c(CCC=O)c2)n[nH]1. The second-order valence-electron chi connectivity index (χ2n) is 8.05. The van der Waals surface area contributed by atoms with Crippen LogP contribution in [0.15, 0.2) is 42.5 Å². The van der Waals surface area contributed by atoms with E-state index >= 15 is 0 Å². The summed E-state index contributed by atoms with van der Waals surface area (Å²) in [5.74, 6) is 1.10. The Morgan fingerprint density at radius 3 is 2.08 bits per heavy atom. The van der Waals surface area contributed by atoms with E-state index in [1.807, 2.05) is 19.9 Å². The van der Waals surface area contributed by atoms with E-state index in [0.29, 0.717) is 41.5 Å². The van der Waals surface area contributed by atoms with Crippen LogP contribution in [-0.4, -0.2) is 46.0 Å². The van der Waals surface area contributed by atoms with Crippen LogP contribution in [0.5, 0.6) is 0 Å². The molecule has 0 unspecified atom stereocenters. The Morgan fingerprint density at radius 2 is 1.59 bits per heavy atom. The maximum absolute atomic E-state index is 13.1. The number of aliphatic hydroxyl groups is 1. The Balaban J connectivity index is 0.00000235. The third kappa shape index (κ3) is 6.48. The molecular weight excluding hydrogens is 502 g/mol. The van der Waals surface area contributed by atoms with Crippen LogP contribution in [0.4, 0.5) is 32.0 Å². The number of aldehydes is 1. The standard InChI is InChI=1S/C23H22F6N4O2.C2H6/c1-14-30-20(32-31-14)17-7-10-19(16(12-17)4-3-11-34)33(2)13-15-5-8-18(9-6-15)21(35,22(24,25)26)23(27,28)29;1-2/h5-12,35H,3-4,13H2,1-2H3,(H,30,31,32);1-2H3. The molecule has 0 saturated carbocycles. The minimum atomic E-state index is -5.94. The Bertz CT molecular complexity index is 1160. The third-order valence-corrected chi connectivity index (χ3v) is 5.49. The molecule has 0 radical (unpaired) electrons. The molecule has 3 rings (SSSR count). The number of aromatic amines is 1. The number of nitrogens with one attached hydrogen (secondary N) is 1. The number of alkyl halides is 6. The lowest BCUT2D eigenvalue weighted by Crippen LogP contribution is -2.53. The molecule has 0 aliphatic heterocycles. The Labute approximate surface area is 210 Å². The summed E-state index contributed by atoms with van der Waals surface area (Å²) in [7, 11) is 1.70. The van der Waals surface area contributed by atoms with Crippen molar-refractivity contribution in [2.75, 3.05) is 11.9 Å². The summed E-state index contributed by atoms with van der Waals surface area (Å²) in [5, 5.41) is 16.4. The minimum Gasteiger partial charge on any atom is -0.370 e. The fraction of sp³-hybridized carbons (Fsp3) is 0.400. The van der Waals surface area contributed by atoms with Gasteiger partial charge in [-0.3, -0.25) is 5.10 Å². The number of carbonyl (C=O) groups excluding carboxylic acids is 1. The smallest absolute Gasteiger partial charge is 0.370 e. The van der Waals surface area contributed by atoms with Gasteiger partial charge in [-0.1, -0.05) is 38.1 Å². The van der Waals surface area contributed by atoms with E-state index < -0.39 is 23.5 Å². The van der Waals surface area contributed by atoms with Crippen molar-refractivity contribution < 1.29 is 36.2 Å². The molecule has 0 aliphatic carbocycles. The molecule has 2 aromatic carbocycles. The number of halogens is 6. The average Bonchev–Trinajstić information content (AvgIpc) is 3.28. The Kier molecular flexibility index (Phi) is 9.48. The second-order valence-corrected chi connectivity index (χ2v) is 8.05. The van der Waals surface area contributed by atoms with Crippen molar-refractivity contribution in [2.24, 2.45) is 0 Å². The van der Waals surface area contributed by atoms with E-state index in [9.17, 15) is 36.2 Å². The number of hydrogen-bond acceptors (Lipinski definition) is 5. The number of aromatic nitrogens is 3. The molecule has 2 N–H and O–H groups in total. The highest BCUT2D eigenvalue weighted by molar-refractivity contribution is 5.65. The molecular formula is C25H28F6N4O2. The first-order valence-electron chi connectivity index (χ1n) is 11.4. The third-order valence-electron chi connectivity index (χ3n) is 5.49. The van der Waals surface area contributed by atoms with Gasteiger partial charge in [0, 0.05) is 36.8 Å². The number of nitrogens with zero attached hydrogens (tertiary/aromatic N) is 3. The normalized spacial score (nSPS) is 12.1. The first-order chi connectivity index (χ1) is 17.3. The van der Waals surface area contributed by atoms with Crippen LogP contribution in [0.25, 0.3) is 11.4 Å². The van der Waals surface area contributed by atoms with Crippen molar-refractivity contribution in [2.45, 2.75) is 58.1 Å². The summed E-state index contributed by atoms with van der Waals surface area (Å²) in [6.45, 7) is 5.89. The van der Waals surface area contributed by atoms with Gasteiger partial charge in [0.2, 0.25) is 0 Å². The molecule has 0 fully saturated rings. The maximum atomic E-state index is 13.1. The minimum absolute atomic E-state index is 0.143. The van der Waals surface area contributed by atoms with Crippen LogP contribution in [0.1, 0.15) is 42.8 Å². The zero-order chi connectivity index (χ0) is 28.0. The number of rotatable bonds is 8. The van der Waals surface area contributed by atoms with Gasteiger partial charge in [-0.05, 0) is 42.7 Å². The van der Waals surface area contributed by atoms with Crippen LogP contribution in [0, 0.1) is 6.92 Å². The van der Waals surface area contributed by atoms with Crippen molar-refractivity contribution in [3.63, 3.8) is 0 Å². The molecule has 1 aromatic heterocycles. The number of anilines is 1. The Hall–Kier alpha value is -3.41. The van der Waals surface area contributed by atoms with Gasteiger partial charge in [-0.2, -0.15) is 31.4 Å². The number of aryl methyl sites for hydroxylation is 2. The lowest BCUT2D eigenvalue weighted by molar-refractivity contribution is -0.376.